The Kier molecular flexibility index (Phi) is 4.73. The fraction of sp³-hybridized carbons (Fsp3) is 0.308. The van der Waals surface area contributed by atoms with Crippen molar-refractivity contribution in [3.05, 3.63) is 55.4 Å². The van der Waals surface area contributed by atoms with Crippen LogP contribution in [0.15, 0.2) is 38.6 Å². The van der Waals surface area contributed by atoms with Gasteiger partial charge in [0.2, 0.25) is 0 Å². The Balaban J connectivity index is 2.16. The summed E-state index contributed by atoms with van der Waals surface area (Å²) in [5.74, 6) is 0.811. The van der Waals surface area contributed by atoms with Crippen molar-refractivity contribution in [2.24, 2.45) is 0 Å². The predicted octanol–water partition coefficient (Wildman–Crippen LogP) is 1.56. The van der Waals surface area contributed by atoms with Gasteiger partial charge >= 0.3 is 5.69 Å². The number of H-pyrrole nitrogens is 1. The molecule has 2 aromatic rings. The molecule has 0 fully saturated rings. The number of anilines is 1. The number of aromatic amines is 1. The first-order valence-corrected chi connectivity index (χ1v) is 7.07. The minimum absolute atomic E-state index is 0.325. The summed E-state index contributed by atoms with van der Waals surface area (Å²) in [5.41, 5.74) is 0.0166. The van der Waals surface area contributed by atoms with Crippen LogP contribution in [-0.2, 0) is 6.54 Å². The number of rotatable bonds is 5. The SMILES string of the molecule is CCCNc1ccc(Cn2cc(Br)c(=O)[nH]c2=O)cn1. The first kappa shape index (κ1) is 14.5. The van der Waals surface area contributed by atoms with Crippen LogP contribution in [0.1, 0.15) is 18.9 Å². The molecule has 106 valence electrons. The summed E-state index contributed by atoms with van der Waals surface area (Å²) in [6.07, 6.45) is 4.22. The van der Waals surface area contributed by atoms with Gasteiger partial charge in [-0.2, -0.15) is 0 Å². The third-order valence-electron chi connectivity index (χ3n) is 2.70. The van der Waals surface area contributed by atoms with E-state index < -0.39 is 11.2 Å². The summed E-state index contributed by atoms with van der Waals surface area (Å²) in [6.45, 7) is 3.32. The smallest absolute Gasteiger partial charge is 0.328 e. The number of nitrogens with zero attached hydrogens (tertiary/aromatic N) is 2. The Hall–Kier alpha value is -1.89. The van der Waals surface area contributed by atoms with Crippen LogP contribution >= 0.6 is 15.9 Å². The van der Waals surface area contributed by atoms with E-state index >= 15 is 0 Å². The normalized spacial score (nSPS) is 10.5. The lowest BCUT2D eigenvalue weighted by Gasteiger charge is -2.07. The summed E-state index contributed by atoms with van der Waals surface area (Å²) in [7, 11) is 0. The zero-order chi connectivity index (χ0) is 14.5. The van der Waals surface area contributed by atoms with Gasteiger partial charge in [-0.05, 0) is 34.0 Å². The van der Waals surface area contributed by atoms with Crippen LogP contribution < -0.4 is 16.6 Å². The molecule has 0 aliphatic rings. The molecule has 0 saturated carbocycles. The maximum Gasteiger partial charge on any atom is 0.328 e. The lowest BCUT2D eigenvalue weighted by atomic mass is 10.3. The van der Waals surface area contributed by atoms with Crippen molar-refractivity contribution in [3.8, 4) is 0 Å². The fourth-order valence-electron chi connectivity index (χ4n) is 1.67. The van der Waals surface area contributed by atoms with Crippen molar-refractivity contribution < 1.29 is 0 Å². The molecule has 0 atom stereocenters. The Morgan fingerprint density at radius 1 is 1.40 bits per heavy atom. The van der Waals surface area contributed by atoms with E-state index in [2.05, 4.69) is 38.1 Å². The Labute approximate surface area is 124 Å². The molecule has 2 rings (SSSR count). The summed E-state index contributed by atoms with van der Waals surface area (Å²) >= 11 is 3.10. The van der Waals surface area contributed by atoms with Gasteiger partial charge in [0.25, 0.3) is 5.56 Å². The third kappa shape index (κ3) is 3.57. The van der Waals surface area contributed by atoms with Gasteiger partial charge in [-0.1, -0.05) is 13.0 Å². The van der Waals surface area contributed by atoms with Crippen LogP contribution in [0.3, 0.4) is 0 Å². The fourth-order valence-corrected chi connectivity index (χ4v) is 2.02. The summed E-state index contributed by atoms with van der Waals surface area (Å²) < 4.78 is 1.74. The number of nitrogens with one attached hydrogen (secondary N) is 2. The predicted molar refractivity (Wildman–Crippen MR) is 81.1 cm³/mol. The first-order chi connectivity index (χ1) is 9.60. The quantitative estimate of drug-likeness (QED) is 0.867. The molecule has 0 spiro atoms. The topological polar surface area (TPSA) is 79.8 Å². The molecule has 20 heavy (non-hydrogen) atoms. The number of hydrogen-bond donors (Lipinski definition) is 2. The average molecular weight is 339 g/mol. The molecular formula is C13H15BrN4O2. The molecule has 2 aromatic heterocycles. The zero-order valence-electron chi connectivity index (χ0n) is 11.0. The van der Waals surface area contributed by atoms with E-state index in [0.717, 1.165) is 24.3 Å². The van der Waals surface area contributed by atoms with E-state index in [-0.39, 0.29) is 0 Å². The van der Waals surface area contributed by atoms with Gasteiger partial charge < -0.3 is 5.32 Å². The van der Waals surface area contributed by atoms with E-state index in [1.165, 1.54) is 10.8 Å². The van der Waals surface area contributed by atoms with E-state index in [1.54, 1.807) is 6.20 Å². The van der Waals surface area contributed by atoms with Crippen molar-refractivity contribution in [2.45, 2.75) is 19.9 Å². The maximum atomic E-state index is 11.7. The second kappa shape index (κ2) is 6.51. The molecule has 6 nitrogen and oxygen atoms in total. The van der Waals surface area contributed by atoms with Gasteiger partial charge in [0.05, 0.1) is 11.0 Å². The van der Waals surface area contributed by atoms with E-state index in [4.69, 9.17) is 0 Å². The van der Waals surface area contributed by atoms with Crippen molar-refractivity contribution in [1.82, 2.24) is 14.5 Å². The number of pyridine rings is 1. The van der Waals surface area contributed by atoms with Crippen molar-refractivity contribution in [2.75, 3.05) is 11.9 Å². The molecule has 0 amide bonds. The highest BCUT2D eigenvalue weighted by Gasteiger charge is 2.03. The first-order valence-electron chi connectivity index (χ1n) is 6.28. The molecular weight excluding hydrogens is 324 g/mol. The van der Waals surface area contributed by atoms with E-state index in [9.17, 15) is 9.59 Å². The minimum atomic E-state index is -0.439. The average Bonchev–Trinajstić information content (AvgIpc) is 2.44. The van der Waals surface area contributed by atoms with Gasteiger partial charge in [0.15, 0.2) is 0 Å². The standard InChI is InChI=1S/C13H15BrN4O2/c1-2-5-15-11-4-3-9(6-16-11)7-18-8-10(14)12(19)17-13(18)20/h3-4,6,8H,2,5,7H2,1H3,(H,15,16)(H,17,19,20). The zero-order valence-corrected chi connectivity index (χ0v) is 12.6. The molecule has 2 heterocycles. The monoisotopic (exact) mass is 338 g/mol. The van der Waals surface area contributed by atoms with Gasteiger partial charge in [0.1, 0.15) is 5.82 Å². The largest absolute Gasteiger partial charge is 0.370 e. The van der Waals surface area contributed by atoms with Gasteiger partial charge in [-0.25, -0.2) is 9.78 Å². The molecule has 0 unspecified atom stereocenters. The van der Waals surface area contributed by atoms with Crippen LogP contribution in [0.25, 0.3) is 0 Å². The number of halogens is 1. The van der Waals surface area contributed by atoms with Gasteiger partial charge in [-0.15, -0.1) is 0 Å². The second-order valence-corrected chi connectivity index (χ2v) is 5.20. The molecule has 0 radical (unpaired) electrons. The van der Waals surface area contributed by atoms with Crippen molar-refractivity contribution in [1.29, 1.82) is 0 Å². The van der Waals surface area contributed by atoms with Crippen molar-refractivity contribution in [3.63, 3.8) is 0 Å². The molecule has 0 saturated heterocycles. The Morgan fingerprint density at radius 2 is 2.20 bits per heavy atom. The molecule has 0 aliphatic carbocycles. The number of hydrogen-bond acceptors (Lipinski definition) is 4. The van der Waals surface area contributed by atoms with Crippen LogP contribution in [-0.4, -0.2) is 21.1 Å². The number of aromatic nitrogens is 3. The molecule has 2 N–H and O–H groups in total. The van der Waals surface area contributed by atoms with Crippen LogP contribution in [0, 0.1) is 0 Å². The molecule has 0 aliphatic heterocycles. The van der Waals surface area contributed by atoms with Gasteiger partial charge in [-0.3, -0.25) is 14.3 Å². The molecule has 0 aromatic carbocycles. The van der Waals surface area contributed by atoms with Crippen LogP contribution in [0.5, 0.6) is 0 Å². The summed E-state index contributed by atoms with van der Waals surface area (Å²) in [6, 6.07) is 3.77. The molecule has 0 bridgehead atoms. The third-order valence-corrected chi connectivity index (χ3v) is 3.27. The lowest BCUT2D eigenvalue weighted by molar-refractivity contribution is 0.714. The summed E-state index contributed by atoms with van der Waals surface area (Å²) in [5, 5.41) is 3.18. The highest BCUT2D eigenvalue weighted by Crippen LogP contribution is 2.07. The second-order valence-electron chi connectivity index (χ2n) is 4.34. The van der Waals surface area contributed by atoms with Crippen LogP contribution in [0.4, 0.5) is 5.82 Å². The Bertz CT molecular complexity index is 691. The van der Waals surface area contributed by atoms with E-state index in [1.807, 2.05) is 12.1 Å². The van der Waals surface area contributed by atoms with Crippen molar-refractivity contribution >= 4 is 21.7 Å². The lowest BCUT2D eigenvalue weighted by Crippen LogP contribution is -2.30. The highest BCUT2D eigenvalue weighted by molar-refractivity contribution is 9.10. The summed E-state index contributed by atoms with van der Waals surface area (Å²) in [4.78, 5) is 29.4. The van der Waals surface area contributed by atoms with E-state index in [0.29, 0.717) is 11.0 Å². The Morgan fingerprint density at radius 3 is 2.85 bits per heavy atom. The molecule has 7 heteroatoms. The van der Waals surface area contributed by atoms with Crippen LogP contribution in [0.2, 0.25) is 0 Å². The minimum Gasteiger partial charge on any atom is -0.370 e. The highest BCUT2D eigenvalue weighted by atomic mass is 79.9. The maximum absolute atomic E-state index is 11.7. The van der Waals surface area contributed by atoms with Gasteiger partial charge in [0, 0.05) is 18.9 Å².